The lowest BCUT2D eigenvalue weighted by atomic mass is 10.3. The van der Waals surface area contributed by atoms with Crippen molar-refractivity contribution < 1.29 is 8.42 Å². The van der Waals surface area contributed by atoms with Crippen LogP contribution >= 0.6 is 0 Å². The van der Waals surface area contributed by atoms with Crippen molar-refractivity contribution in [2.45, 2.75) is 19.9 Å². The number of sulfonamides is 1. The molecule has 6 nitrogen and oxygen atoms in total. The van der Waals surface area contributed by atoms with Crippen LogP contribution in [-0.2, 0) is 10.0 Å². The van der Waals surface area contributed by atoms with Gasteiger partial charge in [-0.25, -0.2) is 18.1 Å². The molecule has 1 rings (SSSR count). The van der Waals surface area contributed by atoms with Crippen LogP contribution in [0.1, 0.15) is 25.7 Å². The minimum absolute atomic E-state index is 0.0610. The van der Waals surface area contributed by atoms with E-state index in [4.69, 9.17) is 0 Å². The summed E-state index contributed by atoms with van der Waals surface area (Å²) in [6.45, 7) is 3.28. The number of hydrogen-bond acceptors (Lipinski definition) is 4. The fourth-order valence-electron chi connectivity index (χ4n) is 0.832. The summed E-state index contributed by atoms with van der Waals surface area (Å²) in [6, 6.07) is -0.368. The molecule has 0 saturated heterocycles. The van der Waals surface area contributed by atoms with E-state index in [1.54, 1.807) is 13.8 Å². The summed E-state index contributed by atoms with van der Waals surface area (Å²) < 4.78 is 24.7. The largest absolute Gasteiger partial charge is 0.262 e. The van der Waals surface area contributed by atoms with Crippen LogP contribution in [-0.4, -0.2) is 29.4 Å². The molecule has 1 aromatic rings. The third-order valence-electron chi connectivity index (χ3n) is 1.58. The minimum Gasteiger partial charge on any atom is -0.262 e. The zero-order valence-electron chi connectivity index (χ0n) is 7.48. The monoisotopic (exact) mass is 204 g/mol. The predicted molar refractivity (Wildman–Crippen MR) is 47.4 cm³/mol. The molecule has 0 spiro atoms. The van der Waals surface area contributed by atoms with Gasteiger partial charge in [0.1, 0.15) is 12.2 Å². The molecular formula is C6H12N4O2S. The SMILES string of the molecule is CCS(=O)(=O)NC(C)c1ncn[nH]1. The van der Waals surface area contributed by atoms with Crippen molar-refractivity contribution >= 4 is 10.0 Å². The molecule has 0 bridgehead atoms. The quantitative estimate of drug-likeness (QED) is 0.711. The van der Waals surface area contributed by atoms with Crippen molar-refractivity contribution in [1.29, 1.82) is 0 Å². The Morgan fingerprint density at radius 1 is 1.69 bits per heavy atom. The van der Waals surface area contributed by atoms with Crippen LogP contribution in [0.3, 0.4) is 0 Å². The van der Waals surface area contributed by atoms with Gasteiger partial charge in [-0.1, -0.05) is 0 Å². The van der Waals surface area contributed by atoms with E-state index in [-0.39, 0.29) is 11.8 Å². The molecule has 13 heavy (non-hydrogen) atoms. The maximum atomic E-state index is 11.1. The van der Waals surface area contributed by atoms with E-state index in [0.29, 0.717) is 5.82 Å². The van der Waals surface area contributed by atoms with E-state index in [9.17, 15) is 8.42 Å². The van der Waals surface area contributed by atoms with Crippen LogP contribution < -0.4 is 4.72 Å². The van der Waals surface area contributed by atoms with Crippen LogP contribution in [0.4, 0.5) is 0 Å². The molecule has 0 aliphatic rings. The van der Waals surface area contributed by atoms with E-state index in [0.717, 1.165) is 0 Å². The number of nitrogens with zero attached hydrogens (tertiary/aromatic N) is 2. The molecule has 1 atom stereocenters. The Morgan fingerprint density at radius 2 is 2.38 bits per heavy atom. The molecule has 0 amide bonds. The summed E-state index contributed by atoms with van der Waals surface area (Å²) in [7, 11) is -3.18. The Balaban J connectivity index is 2.67. The number of aromatic nitrogens is 3. The number of nitrogens with one attached hydrogen (secondary N) is 2. The summed E-state index contributed by atoms with van der Waals surface area (Å²) in [5, 5.41) is 6.22. The second-order valence-electron chi connectivity index (χ2n) is 2.61. The van der Waals surface area contributed by atoms with Crippen molar-refractivity contribution in [3.05, 3.63) is 12.2 Å². The van der Waals surface area contributed by atoms with Crippen molar-refractivity contribution in [3.8, 4) is 0 Å². The highest BCUT2D eigenvalue weighted by molar-refractivity contribution is 7.89. The maximum absolute atomic E-state index is 11.1. The number of rotatable bonds is 4. The standard InChI is InChI=1S/C6H12N4O2S/c1-3-13(11,12)10-5(2)6-7-4-8-9-6/h4-5,10H,3H2,1-2H3,(H,7,8,9). The van der Waals surface area contributed by atoms with Gasteiger partial charge in [-0.15, -0.1) is 0 Å². The van der Waals surface area contributed by atoms with Crippen LogP contribution in [0.15, 0.2) is 6.33 Å². The molecule has 7 heteroatoms. The fourth-order valence-corrected chi connectivity index (χ4v) is 1.65. The second-order valence-corrected chi connectivity index (χ2v) is 4.66. The molecular weight excluding hydrogens is 192 g/mol. The second kappa shape index (κ2) is 3.84. The van der Waals surface area contributed by atoms with Crippen molar-refractivity contribution in [3.63, 3.8) is 0 Å². The Kier molecular flexibility index (Phi) is 2.99. The average Bonchev–Trinajstić information content (AvgIpc) is 2.55. The molecule has 0 aliphatic heterocycles. The third-order valence-corrected chi connectivity index (χ3v) is 3.05. The van der Waals surface area contributed by atoms with E-state index in [2.05, 4.69) is 19.9 Å². The summed E-state index contributed by atoms with van der Waals surface area (Å²) in [4.78, 5) is 3.84. The highest BCUT2D eigenvalue weighted by Gasteiger charge is 2.15. The van der Waals surface area contributed by atoms with Crippen molar-refractivity contribution in [2.75, 3.05) is 5.75 Å². The van der Waals surface area contributed by atoms with Gasteiger partial charge < -0.3 is 0 Å². The van der Waals surface area contributed by atoms with Gasteiger partial charge in [0, 0.05) is 0 Å². The Labute approximate surface area is 76.8 Å². The summed E-state index contributed by atoms with van der Waals surface area (Å²) in [6.07, 6.45) is 1.34. The Morgan fingerprint density at radius 3 is 2.85 bits per heavy atom. The molecule has 0 radical (unpaired) electrons. The lowest BCUT2D eigenvalue weighted by molar-refractivity contribution is 0.561. The zero-order chi connectivity index (χ0) is 9.90. The van der Waals surface area contributed by atoms with Crippen molar-refractivity contribution in [2.24, 2.45) is 0 Å². The van der Waals surface area contributed by atoms with Crippen LogP contribution in [0.2, 0.25) is 0 Å². The Hall–Kier alpha value is -0.950. The molecule has 74 valence electrons. The predicted octanol–water partition coefficient (Wildman–Crippen LogP) is -0.195. The lowest BCUT2D eigenvalue weighted by Crippen LogP contribution is -2.28. The van der Waals surface area contributed by atoms with Gasteiger partial charge in [-0.05, 0) is 13.8 Å². The van der Waals surface area contributed by atoms with Crippen molar-refractivity contribution in [1.82, 2.24) is 19.9 Å². The Bertz CT molecular complexity index is 345. The van der Waals surface area contributed by atoms with Crippen LogP contribution in [0.25, 0.3) is 0 Å². The zero-order valence-corrected chi connectivity index (χ0v) is 8.30. The molecule has 1 unspecified atom stereocenters. The highest BCUT2D eigenvalue weighted by Crippen LogP contribution is 2.05. The first-order chi connectivity index (χ1) is 6.05. The first-order valence-corrected chi connectivity index (χ1v) is 5.55. The highest BCUT2D eigenvalue weighted by atomic mass is 32.2. The maximum Gasteiger partial charge on any atom is 0.211 e. The van der Waals surface area contributed by atoms with Gasteiger partial charge in [0.25, 0.3) is 0 Å². The van der Waals surface area contributed by atoms with Crippen LogP contribution in [0.5, 0.6) is 0 Å². The topological polar surface area (TPSA) is 87.7 Å². The van der Waals surface area contributed by atoms with Gasteiger partial charge in [-0.3, -0.25) is 5.10 Å². The molecule has 0 aromatic carbocycles. The van der Waals surface area contributed by atoms with Gasteiger partial charge in [0.05, 0.1) is 11.8 Å². The summed E-state index contributed by atoms with van der Waals surface area (Å²) in [5.74, 6) is 0.572. The average molecular weight is 204 g/mol. The molecule has 0 aliphatic carbocycles. The lowest BCUT2D eigenvalue weighted by Gasteiger charge is -2.09. The third kappa shape index (κ3) is 2.78. The van der Waals surface area contributed by atoms with E-state index in [1.165, 1.54) is 6.33 Å². The minimum atomic E-state index is -3.18. The van der Waals surface area contributed by atoms with Gasteiger partial charge in [0.2, 0.25) is 10.0 Å². The fraction of sp³-hybridized carbons (Fsp3) is 0.667. The summed E-state index contributed by atoms with van der Waals surface area (Å²) in [5.41, 5.74) is 0. The first kappa shape index (κ1) is 10.1. The molecule has 0 saturated carbocycles. The normalized spacial score (nSPS) is 14.3. The summed E-state index contributed by atoms with van der Waals surface area (Å²) >= 11 is 0. The van der Waals surface area contributed by atoms with E-state index >= 15 is 0 Å². The van der Waals surface area contributed by atoms with Gasteiger partial charge in [0.15, 0.2) is 0 Å². The van der Waals surface area contributed by atoms with Crippen LogP contribution in [0, 0.1) is 0 Å². The molecule has 2 N–H and O–H groups in total. The van der Waals surface area contributed by atoms with Gasteiger partial charge in [-0.2, -0.15) is 5.10 Å². The smallest absolute Gasteiger partial charge is 0.211 e. The first-order valence-electron chi connectivity index (χ1n) is 3.90. The number of hydrogen-bond donors (Lipinski definition) is 2. The van der Waals surface area contributed by atoms with E-state index < -0.39 is 10.0 Å². The molecule has 1 aromatic heterocycles. The number of H-pyrrole nitrogens is 1. The van der Waals surface area contributed by atoms with Gasteiger partial charge >= 0.3 is 0 Å². The number of aromatic amines is 1. The molecule has 0 fully saturated rings. The molecule has 1 heterocycles. The van der Waals surface area contributed by atoms with E-state index in [1.807, 2.05) is 0 Å².